The van der Waals surface area contributed by atoms with Crippen molar-refractivity contribution in [2.75, 3.05) is 32.8 Å². The Balaban J connectivity index is 1.26. The Hall–Kier alpha value is -3.81. The van der Waals surface area contributed by atoms with Gasteiger partial charge in [-0.15, -0.1) is 0 Å². The summed E-state index contributed by atoms with van der Waals surface area (Å²) in [6, 6.07) is 15.8. The lowest BCUT2D eigenvalue weighted by atomic mass is 10.1. The Labute approximate surface area is 178 Å². The number of carbonyl (C=O) groups is 2. The minimum atomic E-state index is -0.700. The molecule has 158 valence electrons. The van der Waals surface area contributed by atoms with Crippen molar-refractivity contribution >= 4 is 22.7 Å². The maximum absolute atomic E-state index is 13.1. The van der Waals surface area contributed by atoms with Crippen LogP contribution >= 0.6 is 0 Å². The number of carbonyl (C=O) groups excluding carboxylic acids is 2. The first-order valence-corrected chi connectivity index (χ1v) is 10.2. The van der Waals surface area contributed by atoms with Crippen molar-refractivity contribution in [3.63, 3.8) is 0 Å². The number of aromatic nitrogens is 1. The SMILES string of the molecule is O=C(c1cc(=O)[nH]c2ccccc12)N1CCN(C(=O)[C@@H]2COc3ccccc3O2)CC1. The van der Waals surface area contributed by atoms with Gasteiger partial charge in [0.25, 0.3) is 11.8 Å². The lowest BCUT2D eigenvalue weighted by molar-refractivity contribution is -0.142. The highest BCUT2D eigenvalue weighted by molar-refractivity contribution is 6.06. The number of nitrogens with one attached hydrogen (secondary N) is 1. The van der Waals surface area contributed by atoms with Gasteiger partial charge in [-0.2, -0.15) is 0 Å². The summed E-state index contributed by atoms with van der Waals surface area (Å²) in [5.41, 5.74) is 0.687. The standard InChI is InChI=1S/C23H21N3O5/c27-21-13-16(15-5-1-2-6-17(15)24-21)22(28)25-9-11-26(12-10-25)23(29)20-14-30-18-7-3-4-8-19(18)31-20/h1-8,13,20H,9-12,14H2,(H,24,27)/t20-/m0/s1. The molecule has 0 unspecified atom stereocenters. The molecule has 3 heterocycles. The molecule has 1 aromatic heterocycles. The molecule has 3 aromatic rings. The van der Waals surface area contributed by atoms with E-state index in [2.05, 4.69) is 4.98 Å². The number of para-hydroxylation sites is 3. The van der Waals surface area contributed by atoms with Crippen molar-refractivity contribution in [1.29, 1.82) is 0 Å². The first-order valence-electron chi connectivity index (χ1n) is 10.2. The third-order valence-electron chi connectivity index (χ3n) is 5.64. The van der Waals surface area contributed by atoms with Crippen LogP contribution in [0.2, 0.25) is 0 Å². The summed E-state index contributed by atoms with van der Waals surface area (Å²) in [6.45, 7) is 1.72. The van der Waals surface area contributed by atoms with E-state index in [1.165, 1.54) is 6.07 Å². The molecule has 2 aromatic carbocycles. The monoisotopic (exact) mass is 419 g/mol. The van der Waals surface area contributed by atoms with E-state index in [1.807, 2.05) is 30.3 Å². The molecule has 31 heavy (non-hydrogen) atoms. The highest BCUT2D eigenvalue weighted by atomic mass is 16.6. The molecule has 0 aliphatic carbocycles. The molecule has 8 nitrogen and oxygen atoms in total. The van der Waals surface area contributed by atoms with Crippen LogP contribution in [0.25, 0.3) is 10.9 Å². The second kappa shape index (κ2) is 7.79. The summed E-state index contributed by atoms with van der Waals surface area (Å²) in [7, 11) is 0. The van der Waals surface area contributed by atoms with E-state index in [-0.39, 0.29) is 24.0 Å². The van der Waals surface area contributed by atoms with Gasteiger partial charge >= 0.3 is 0 Å². The van der Waals surface area contributed by atoms with E-state index in [9.17, 15) is 14.4 Å². The predicted molar refractivity (Wildman–Crippen MR) is 113 cm³/mol. The fourth-order valence-electron chi connectivity index (χ4n) is 4.03. The third kappa shape index (κ3) is 3.61. The van der Waals surface area contributed by atoms with Gasteiger partial charge in [-0.3, -0.25) is 14.4 Å². The van der Waals surface area contributed by atoms with E-state index in [4.69, 9.17) is 9.47 Å². The van der Waals surface area contributed by atoms with Gasteiger partial charge in [0.1, 0.15) is 6.61 Å². The molecule has 8 heteroatoms. The zero-order valence-electron chi connectivity index (χ0n) is 16.7. The van der Waals surface area contributed by atoms with Crippen molar-refractivity contribution in [2.24, 2.45) is 0 Å². The van der Waals surface area contributed by atoms with Crippen molar-refractivity contribution in [2.45, 2.75) is 6.10 Å². The summed E-state index contributed by atoms with van der Waals surface area (Å²) in [5.74, 6) is 0.831. The van der Waals surface area contributed by atoms with E-state index < -0.39 is 6.10 Å². The molecular formula is C23H21N3O5. The molecule has 2 aliphatic rings. The first kappa shape index (κ1) is 19.2. The van der Waals surface area contributed by atoms with Crippen LogP contribution in [-0.2, 0) is 4.79 Å². The topological polar surface area (TPSA) is 91.9 Å². The Morgan fingerprint density at radius 3 is 2.39 bits per heavy atom. The molecule has 2 amide bonds. The van der Waals surface area contributed by atoms with Crippen LogP contribution < -0.4 is 15.0 Å². The average molecular weight is 419 g/mol. The molecule has 1 saturated heterocycles. The van der Waals surface area contributed by atoms with Gasteiger partial charge in [0.05, 0.1) is 5.56 Å². The third-order valence-corrected chi connectivity index (χ3v) is 5.64. The molecule has 0 spiro atoms. The number of piperazine rings is 1. The van der Waals surface area contributed by atoms with Crippen LogP contribution in [0.5, 0.6) is 11.5 Å². The smallest absolute Gasteiger partial charge is 0.267 e. The number of hydrogen-bond acceptors (Lipinski definition) is 5. The van der Waals surface area contributed by atoms with Crippen LogP contribution in [0.4, 0.5) is 0 Å². The summed E-state index contributed by atoms with van der Waals surface area (Å²) < 4.78 is 11.5. The van der Waals surface area contributed by atoms with Gasteiger partial charge in [-0.25, -0.2) is 0 Å². The van der Waals surface area contributed by atoms with Crippen LogP contribution in [0, 0.1) is 0 Å². The molecule has 1 fully saturated rings. The number of pyridine rings is 1. The summed E-state index contributed by atoms with van der Waals surface area (Å²) >= 11 is 0. The number of hydrogen-bond donors (Lipinski definition) is 1. The normalized spacial score (nSPS) is 18.1. The quantitative estimate of drug-likeness (QED) is 0.682. The summed E-state index contributed by atoms with van der Waals surface area (Å²) in [4.78, 5) is 44.1. The van der Waals surface area contributed by atoms with Gasteiger partial charge in [0, 0.05) is 43.1 Å². The maximum Gasteiger partial charge on any atom is 0.267 e. The second-order valence-electron chi connectivity index (χ2n) is 7.57. The maximum atomic E-state index is 13.1. The molecule has 5 rings (SSSR count). The largest absolute Gasteiger partial charge is 0.485 e. The number of rotatable bonds is 2. The van der Waals surface area contributed by atoms with E-state index in [0.29, 0.717) is 54.1 Å². The Kier molecular flexibility index (Phi) is 4.82. The number of aromatic amines is 1. The van der Waals surface area contributed by atoms with Gasteiger partial charge in [-0.1, -0.05) is 30.3 Å². The van der Waals surface area contributed by atoms with Crippen molar-refractivity contribution < 1.29 is 19.1 Å². The van der Waals surface area contributed by atoms with Crippen LogP contribution in [0.15, 0.2) is 59.4 Å². The number of ether oxygens (including phenoxy) is 2. The molecule has 1 N–H and O–H groups in total. The fourth-order valence-corrected chi connectivity index (χ4v) is 4.03. The van der Waals surface area contributed by atoms with E-state index in [1.54, 1.807) is 28.0 Å². The minimum absolute atomic E-state index is 0.150. The second-order valence-corrected chi connectivity index (χ2v) is 7.57. The van der Waals surface area contributed by atoms with Gasteiger partial charge in [0.15, 0.2) is 11.5 Å². The zero-order chi connectivity index (χ0) is 21.4. The molecule has 0 saturated carbocycles. The zero-order valence-corrected chi connectivity index (χ0v) is 16.7. The van der Waals surface area contributed by atoms with Gasteiger partial charge < -0.3 is 24.3 Å². The first-order chi connectivity index (χ1) is 15.1. The molecular weight excluding hydrogens is 398 g/mol. The van der Waals surface area contributed by atoms with Gasteiger partial charge in [-0.05, 0) is 18.2 Å². The Morgan fingerprint density at radius 2 is 1.58 bits per heavy atom. The van der Waals surface area contributed by atoms with Crippen LogP contribution in [0.3, 0.4) is 0 Å². The highest BCUT2D eigenvalue weighted by Crippen LogP contribution is 2.31. The van der Waals surface area contributed by atoms with Crippen molar-refractivity contribution in [3.8, 4) is 11.5 Å². The summed E-state index contributed by atoms with van der Waals surface area (Å²) in [5, 5.41) is 0.706. The molecule has 0 bridgehead atoms. The highest BCUT2D eigenvalue weighted by Gasteiger charge is 2.33. The van der Waals surface area contributed by atoms with Crippen molar-refractivity contribution in [3.05, 3.63) is 70.5 Å². The average Bonchev–Trinajstić information content (AvgIpc) is 2.82. The Bertz CT molecular complexity index is 1210. The van der Waals surface area contributed by atoms with Crippen LogP contribution in [0.1, 0.15) is 10.4 Å². The minimum Gasteiger partial charge on any atom is -0.485 e. The molecule has 1 atom stereocenters. The number of amides is 2. The molecule has 0 radical (unpaired) electrons. The predicted octanol–water partition coefficient (Wildman–Crippen LogP) is 1.65. The number of fused-ring (bicyclic) bond motifs is 2. The van der Waals surface area contributed by atoms with E-state index >= 15 is 0 Å². The van der Waals surface area contributed by atoms with Crippen molar-refractivity contribution in [1.82, 2.24) is 14.8 Å². The summed E-state index contributed by atoms with van der Waals surface area (Å²) in [6.07, 6.45) is -0.700. The lowest BCUT2D eigenvalue weighted by Crippen LogP contribution is -2.55. The lowest BCUT2D eigenvalue weighted by Gasteiger charge is -2.37. The fraction of sp³-hybridized carbons (Fsp3) is 0.261. The van der Waals surface area contributed by atoms with E-state index in [0.717, 1.165) is 0 Å². The number of benzene rings is 2. The number of H-pyrrole nitrogens is 1. The number of nitrogens with zero attached hydrogens (tertiary/aromatic N) is 2. The Morgan fingerprint density at radius 1 is 0.903 bits per heavy atom. The van der Waals surface area contributed by atoms with Crippen LogP contribution in [-0.4, -0.2) is 65.5 Å². The molecule has 2 aliphatic heterocycles. The van der Waals surface area contributed by atoms with Gasteiger partial charge in [0.2, 0.25) is 11.7 Å².